The molecule has 1 aliphatic heterocycles. The van der Waals surface area contributed by atoms with E-state index < -0.39 is 10.0 Å². The van der Waals surface area contributed by atoms with E-state index in [4.69, 9.17) is 5.73 Å². The molecule has 2 N–H and O–H groups in total. The van der Waals surface area contributed by atoms with E-state index in [9.17, 15) is 8.42 Å². The zero-order valence-electron chi connectivity index (χ0n) is 12.2. The smallest absolute Gasteiger partial charge is 0.244 e. The van der Waals surface area contributed by atoms with Crippen LogP contribution in [0.3, 0.4) is 0 Å². The van der Waals surface area contributed by atoms with Crippen LogP contribution in [0.4, 0.5) is 11.4 Å². The van der Waals surface area contributed by atoms with Crippen molar-refractivity contribution in [1.29, 1.82) is 0 Å². The van der Waals surface area contributed by atoms with Gasteiger partial charge in [0.25, 0.3) is 0 Å². The predicted octanol–water partition coefficient (Wildman–Crippen LogP) is 1.90. The molecule has 0 aromatic heterocycles. The molecule has 20 heavy (non-hydrogen) atoms. The summed E-state index contributed by atoms with van der Waals surface area (Å²) in [6, 6.07) is 5.26. The zero-order valence-corrected chi connectivity index (χ0v) is 13.0. The van der Waals surface area contributed by atoms with Crippen LogP contribution in [0.25, 0.3) is 0 Å². The Morgan fingerprint density at radius 1 is 1.10 bits per heavy atom. The van der Waals surface area contributed by atoms with Gasteiger partial charge < -0.3 is 10.6 Å². The summed E-state index contributed by atoms with van der Waals surface area (Å²) in [4.78, 5) is 2.40. The number of hydrogen-bond donors (Lipinski definition) is 1. The van der Waals surface area contributed by atoms with Gasteiger partial charge in [0.05, 0.1) is 11.4 Å². The van der Waals surface area contributed by atoms with Crippen molar-refractivity contribution in [3.63, 3.8) is 0 Å². The third-order valence-electron chi connectivity index (χ3n) is 3.75. The molecule has 1 saturated heterocycles. The molecule has 0 spiro atoms. The average Bonchev–Trinajstić information content (AvgIpc) is 2.67. The Balaban J connectivity index is 2.41. The van der Waals surface area contributed by atoms with Gasteiger partial charge in [0.2, 0.25) is 10.0 Å². The molecule has 112 valence electrons. The summed E-state index contributed by atoms with van der Waals surface area (Å²) >= 11 is 0. The largest absolute Gasteiger partial charge is 0.396 e. The minimum absolute atomic E-state index is 0.198. The van der Waals surface area contributed by atoms with Crippen LogP contribution in [-0.4, -0.2) is 39.9 Å². The van der Waals surface area contributed by atoms with Crippen molar-refractivity contribution < 1.29 is 8.42 Å². The minimum Gasteiger partial charge on any atom is -0.396 e. The van der Waals surface area contributed by atoms with Crippen molar-refractivity contribution in [1.82, 2.24) is 4.31 Å². The summed E-state index contributed by atoms with van der Waals surface area (Å²) in [6.07, 6.45) is 4.71. The molecule has 1 heterocycles. The maximum absolute atomic E-state index is 12.3. The molecule has 0 aliphatic carbocycles. The molecule has 5 nitrogen and oxygen atoms in total. The van der Waals surface area contributed by atoms with E-state index in [2.05, 4.69) is 4.90 Å². The second-order valence-corrected chi connectivity index (χ2v) is 7.50. The van der Waals surface area contributed by atoms with Crippen LogP contribution in [-0.2, 0) is 10.0 Å². The Morgan fingerprint density at radius 3 is 2.25 bits per heavy atom. The topological polar surface area (TPSA) is 66.6 Å². The first kappa shape index (κ1) is 15.1. The number of para-hydroxylation sites is 1. The number of sulfonamides is 1. The van der Waals surface area contributed by atoms with Crippen molar-refractivity contribution in [3.05, 3.63) is 18.2 Å². The van der Waals surface area contributed by atoms with E-state index in [1.807, 2.05) is 6.07 Å². The molecular formula is C14H23N3O2S. The number of anilines is 2. The number of nitrogens with two attached hydrogens (primary N) is 1. The van der Waals surface area contributed by atoms with Crippen LogP contribution in [0, 0.1) is 0 Å². The van der Waals surface area contributed by atoms with E-state index in [0.29, 0.717) is 5.69 Å². The third-order valence-corrected chi connectivity index (χ3v) is 5.62. The van der Waals surface area contributed by atoms with Crippen LogP contribution >= 0.6 is 0 Å². The van der Waals surface area contributed by atoms with Gasteiger partial charge in [0.15, 0.2) is 0 Å². The van der Waals surface area contributed by atoms with Crippen LogP contribution in [0.2, 0.25) is 0 Å². The van der Waals surface area contributed by atoms with E-state index in [1.165, 1.54) is 31.2 Å². The Morgan fingerprint density at radius 2 is 1.70 bits per heavy atom. The molecule has 1 aromatic carbocycles. The lowest BCUT2D eigenvalue weighted by Crippen LogP contribution is -2.27. The van der Waals surface area contributed by atoms with Gasteiger partial charge >= 0.3 is 0 Å². The van der Waals surface area contributed by atoms with Gasteiger partial charge in [0.1, 0.15) is 4.90 Å². The number of benzene rings is 1. The summed E-state index contributed by atoms with van der Waals surface area (Å²) in [5.74, 6) is 0. The maximum Gasteiger partial charge on any atom is 0.244 e. The van der Waals surface area contributed by atoms with E-state index in [0.717, 1.165) is 31.6 Å². The highest BCUT2D eigenvalue weighted by Gasteiger charge is 2.23. The predicted molar refractivity (Wildman–Crippen MR) is 82.4 cm³/mol. The molecule has 0 saturated carbocycles. The number of rotatable bonds is 3. The molecule has 0 amide bonds. The second kappa shape index (κ2) is 6.01. The van der Waals surface area contributed by atoms with Crippen LogP contribution < -0.4 is 10.6 Å². The Labute approximate surface area is 121 Å². The highest BCUT2D eigenvalue weighted by molar-refractivity contribution is 7.89. The molecule has 1 aliphatic rings. The first-order valence-electron chi connectivity index (χ1n) is 7.00. The van der Waals surface area contributed by atoms with Gasteiger partial charge in [-0.05, 0) is 25.0 Å². The lowest BCUT2D eigenvalue weighted by molar-refractivity contribution is 0.521. The maximum atomic E-state index is 12.3. The average molecular weight is 297 g/mol. The lowest BCUT2D eigenvalue weighted by Gasteiger charge is -2.25. The summed E-state index contributed by atoms with van der Waals surface area (Å²) in [7, 11) is -0.454. The van der Waals surface area contributed by atoms with Gasteiger partial charge in [-0.3, -0.25) is 0 Å². The normalized spacial score (nSPS) is 17.2. The quantitative estimate of drug-likeness (QED) is 0.865. The minimum atomic E-state index is -3.50. The second-order valence-electron chi connectivity index (χ2n) is 5.38. The highest BCUT2D eigenvalue weighted by Crippen LogP contribution is 2.32. The zero-order chi connectivity index (χ0) is 14.8. The molecule has 0 radical (unpaired) electrons. The fourth-order valence-electron chi connectivity index (χ4n) is 2.54. The van der Waals surface area contributed by atoms with Crippen molar-refractivity contribution in [2.24, 2.45) is 0 Å². The molecule has 2 rings (SSSR count). The summed E-state index contributed by atoms with van der Waals surface area (Å²) in [5, 5.41) is 0. The number of nitrogens with zero attached hydrogens (tertiary/aromatic N) is 2. The van der Waals surface area contributed by atoms with E-state index >= 15 is 0 Å². The molecule has 0 atom stereocenters. The third kappa shape index (κ3) is 2.91. The fourth-order valence-corrected chi connectivity index (χ4v) is 3.57. The monoisotopic (exact) mass is 297 g/mol. The number of hydrogen-bond acceptors (Lipinski definition) is 4. The molecular weight excluding hydrogens is 274 g/mol. The summed E-state index contributed by atoms with van der Waals surface area (Å²) in [6.45, 7) is 1.88. The lowest BCUT2D eigenvalue weighted by atomic mass is 10.2. The molecule has 0 bridgehead atoms. The summed E-state index contributed by atoms with van der Waals surface area (Å²) in [5.41, 5.74) is 7.35. The fraction of sp³-hybridized carbons (Fsp3) is 0.571. The highest BCUT2D eigenvalue weighted by atomic mass is 32.2. The first-order chi connectivity index (χ1) is 9.44. The Kier molecular flexibility index (Phi) is 4.55. The van der Waals surface area contributed by atoms with E-state index in [1.54, 1.807) is 12.1 Å². The van der Waals surface area contributed by atoms with Crippen molar-refractivity contribution in [3.8, 4) is 0 Å². The van der Waals surface area contributed by atoms with Gasteiger partial charge in [-0.25, -0.2) is 12.7 Å². The van der Waals surface area contributed by atoms with Crippen LogP contribution in [0.1, 0.15) is 25.7 Å². The van der Waals surface area contributed by atoms with Gasteiger partial charge in [-0.2, -0.15) is 0 Å². The van der Waals surface area contributed by atoms with E-state index in [-0.39, 0.29) is 4.90 Å². The van der Waals surface area contributed by atoms with Crippen molar-refractivity contribution in [2.75, 3.05) is 37.8 Å². The van der Waals surface area contributed by atoms with Gasteiger partial charge in [0, 0.05) is 27.2 Å². The van der Waals surface area contributed by atoms with Crippen molar-refractivity contribution in [2.45, 2.75) is 30.6 Å². The standard InChI is InChI=1S/C14H23N3O2S/c1-16(2)20(18,19)13-9-7-8-12(14(13)15)17-10-5-3-4-6-11-17/h7-9H,3-6,10-11,15H2,1-2H3. The SMILES string of the molecule is CN(C)S(=O)(=O)c1cccc(N2CCCCCC2)c1N. The Hall–Kier alpha value is -1.27. The van der Waals surface area contributed by atoms with Gasteiger partial charge in [-0.15, -0.1) is 0 Å². The molecule has 0 unspecified atom stereocenters. The molecule has 6 heteroatoms. The first-order valence-corrected chi connectivity index (χ1v) is 8.44. The summed E-state index contributed by atoms with van der Waals surface area (Å²) < 4.78 is 25.8. The molecule has 1 aromatic rings. The van der Waals surface area contributed by atoms with Crippen LogP contribution in [0.5, 0.6) is 0 Å². The Bertz CT molecular complexity index is 562. The van der Waals surface area contributed by atoms with Crippen LogP contribution in [0.15, 0.2) is 23.1 Å². The molecule has 1 fully saturated rings. The van der Waals surface area contributed by atoms with Crippen molar-refractivity contribution >= 4 is 21.4 Å². The number of nitrogen functional groups attached to an aromatic ring is 1. The van der Waals surface area contributed by atoms with Gasteiger partial charge in [-0.1, -0.05) is 18.9 Å².